The van der Waals surface area contributed by atoms with E-state index in [1.165, 1.54) is 0 Å². The molecular weight excluding hydrogens is 356 g/mol. The molecule has 0 aliphatic heterocycles. The first-order valence-corrected chi connectivity index (χ1v) is 9.65. The molecule has 0 aliphatic rings. The van der Waals surface area contributed by atoms with E-state index in [4.69, 9.17) is 0 Å². The molecule has 0 spiro atoms. The quantitative estimate of drug-likeness (QED) is 0.523. The van der Waals surface area contributed by atoms with Crippen molar-refractivity contribution in [3.8, 4) is 0 Å². The molecule has 4 rings (SSSR count). The summed E-state index contributed by atoms with van der Waals surface area (Å²) in [7, 11) is 0. The van der Waals surface area contributed by atoms with Gasteiger partial charge in [-0.15, -0.1) is 11.3 Å². The van der Waals surface area contributed by atoms with E-state index < -0.39 is 0 Å². The zero-order chi connectivity index (χ0) is 18.8. The number of imidazole rings is 1. The van der Waals surface area contributed by atoms with Gasteiger partial charge < -0.3 is 9.30 Å². The van der Waals surface area contributed by atoms with Crippen molar-refractivity contribution < 1.29 is 4.79 Å². The lowest BCUT2D eigenvalue weighted by molar-refractivity contribution is 0.0731. The van der Waals surface area contributed by atoms with E-state index in [1.54, 1.807) is 11.3 Å². The topological polar surface area (TPSA) is 50.5 Å². The van der Waals surface area contributed by atoms with Crippen LogP contribution in [0.3, 0.4) is 0 Å². The molecule has 3 heterocycles. The Bertz CT molecular complexity index is 1080. The fourth-order valence-electron chi connectivity index (χ4n) is 3.08. The molecule has 1 aromatic carbocycles. The molecule has 0 unspecified atom stereocenters. The summed E-state index contributed by atoms with van der Waals surface area (Å²) in [4.78, 5) is 25.1. The van der Waals surface area contributed by atoms with E-state index in [0.29, 0.717) is 18.7 Å². The summed E-state index contributed by atoms with van der Waals surface area (Å²) in [5.74, 6) is -0.0000869. The first kappa shape index (κ1) is 17.4. The summed E-state index contributed by atoms with van der Waals surface area (Å²) >= 11 is 1.59. The van der Waals surface area contributed by atoms with Crippen LogP contribution < -0.4 is 0 Å². The number of carbonyl (C=O) groups excluding carboxylic acids is 1. The van der Waals surface area contributed by atoms with Crippen LogP contribution in [0, 0.1) is 13.8 Å². The van der Waals surface area contributed by atoms with Crippen molar-refractivity contribution in [3.05, 3.63) is 87.8 Å². The molecule has 0 saturated heterocycles. The van der Waals surface area contributed by atoms with Crippen LogP contribution in [0.2, 0.25) is 0 Å². The Balaban J connectivity index is 1.66. The van der Waals surface area contributed by atoms with Crippen LogP contribution in [0.25, 0.3) is 5.65 Å². The highest BCUT2D eigenvalue weighted by Gasteiger charge is 2.19. The summed E-state index contributed by atoms with van der Waals surface area (Å²) in [5.41, 5.74) is 6.34. The standard InChI is InChI=1S/C21H20N4OS/c1-15-10-24-12-18(8-9-20(24)23-15)21(26)25(11-17-6-4-3-5-7-17)13-19-16(2)22-14-27-19/h3-10,12,14H,11,13H2,1-2H3. The predicted molar refractivity (Wildman–Crippen MR) is 107 cm³/mol. The van der Waals surface area contributed by atoms with E-state index >= 15 is 0 Å². The van der Waals surface area contributed by atoms with E-state index in [1.807, 2.05) is 83.5 Å². The molecule has 0 aliphatic carbocycles. The number of hydrogen-bond acceptors (Lipinski definition) is 4. The lowest BCUT2D eigenvalue weighted by atomic mass is 10.1. The molecule has 3 aromatic heterocycles. The van der Waals surface area contributed by atoms with Gasteiger partial charge in [-0.3, -0.25) is 4.79 Å². The molecule has 6 heteroatoms. The number of aromatic nitrogens is 3. The molecule has 5 nitrogen and oxygen atoms in total. The molecular formula is C21H20N4OS. The van der Waals surface area contributed by atoms with Gasteiger partial charge in [0, 0.05) is 23.8 Å². The number of benzene rings is 1. The third-order valence-electron chi connectivity index (χ3n) is 4.50. The van der Waals surface area contributed by atoms with Gasteiger partial charge in [-0.05, 0) is 31.5 Å². The number of rotatable bonds is 5. The SMILES string of the molecule is Cc1cn2cc(C(=O)N(Cc3ccccc3)Cc3scnc3C)ccc2n1. The molecule has 4 aromatic rings. The zero-order valence-electron chi connectivity index (χ0n) is 15.3. The third-order valence-corrected chi connectivity index (χ3v) is 5.42. The van der Waals surface area contributed by atoms with Gasteiger partial charge in [0.25, 0.3) is 5.91 Å². The highest BCUT2D eigenvalue weighted by atomic mass is 32.1. The maximum atomic E-state index is 13.3. The smallest absolute Gasteiger partial charge is 0.255 e. The maximum absolute atomic E-state index is 13.3. The molecule has 0 radical (unpaired) electrons. The van der Waals surface area contributed by atoms with Crippen LogP contribution in [-0.2, 0) is 13.1 Å². The lowest BCUT2D eigenvalue weighted by Gasteiger charge is -2.23. The second-order valence-corrected chi connectivity index (χ2v) is 7.51. The van der Waals surface area contributed by atoms with Crippen LogP contribution in [-0.4, -0.2) is 25.2 Å². The van der Waals surface area contributed by atoms with Crippen molar-refractivity contribution in [3.63, 3.8) is 0 Å². The van der Waals surface area contributed by atoms with Crippen molar-refractivity contribution in [1.82, 2.24) is 19.3 Å². The number of aryl methyl sites for hydroxylation is 2. The average Bonchev–Trinajstić information content (AvgIpc) is 3.25. The Hall–Kier alpha value is -2.99. The van der Waals surface area contributed by atoms with Crippen molar-refractivity contribution in [2.75, 3.05) is 0 Å². The molecule has 136 valence electrons. The zero-order valence-corrected chi connectivity index (χ0v) is 16.1. The minimum Gasteiger partial charge on any atom is -0.329 e. The van der Waals surface area contributed by atoms with Crippen LogP contribution in [0.1, 0.15) is 32.2 Å². The summed E-state index contributed by atoms with van der Waals surface area (Å²) in [6.45, 7) is 5.03. The molecule has 0 atom stereocenters. The van der Waals surface area contributed by atoms with Gasteiger partial charge in [-0.2, -0.15) is 0 Å². The summed E-state index contributed by atoms with van der Waals surface area (Å²) in [6.07, 6.45) is 3.79. The third kappa shape index (κ3) is 3.75. The van der Waals surface area contributed by atoms with Crippen molar-refractivity contribution in [2.24, 2.45) is 0 Å². The fourth-order valence-corrected chi connectivity index (χ4v) is 3.87. The average molecular weight is 376 g/mol. The van der Waals surface area contributed by atoms with Gasteiger partial charge in [-0.1, -0.05) is 30.3 Å². The summed E-state index contributed by atoms with van der Waals surface area (Å²) in [6, 6.07) is 13.8. The maximum Gasteiger partial charge on any atom is 0.255 e. The van der Waals surface area contributed by atoms with E-state index in [2.05, 4.69) is 9.97 Å². The van der Waals surface area contributed by atoms with Crippen LogP contribution in [0.15, 0.2) is 60.4 Å². The van der Waals surface area contributed by atoms with Gasteiger partial charge >= 0.3 is 0 Å². The Morgan fingerprint density at radius 3 is 2.63 bits per heavy atom. The normalized spacial score (nSPS) is 11.0. The lowest BCUT2D eigenvalue weighted by Crippen LogP contribution is -2.30. The van der Waals surface area contributed by atoms with Crippen LogP contribution in [0.5, 0.6) is 0 Å². The summed E-state index contributed by atoms with van der Waals surface area (Å²) < 4.78 is 1.90. The number of hydrogen-bond donors (Lipinski definition) is 0. The predicted octanol–water partition coefficient (Wildman–Crippen LogP) is 4.25. The molecule has 27 heavy (non-hydrogen) atoms. The number of fused-ring (bicyclic) bond motifs is 1. The van der Waals surface area contributed by atoms with Crippen LogP contribution in [0.4, 0.5) is 0 Å². The van der Waals surface area contributed by atoms with Gasteiger partial charge in [0.1, 0.15) is 5.65 Å². The molecule has 0 saturated carbocycles. The highest BCUT2D eigenvalue weighted by Crippen LogP contribution is 2.19. The molecule has 0 fully saturated rings. The minimum absolute atomic E-state index is 0.0000869. The second kappa shape index (κ2) is 7.32. The number of pyridine rings is 1. The fraction of sp³-hybridized carbons (Fsp3) is 0.190. The monoisotopic (exact) mass is 376 g/mol. The van der Waals surface area contributed by atoms with Gasteiger partial charge in [0.2, 0.25) is 0 Å². The number of nitrogens with zero attached hydrogens (tertiary/aromatic N) is 4. The minimum atomic E-state index is -0.0000869. The number of amides is 1. The first-order valence-electron chi connectivity index (χ1n) is 8.77. The van der Waals surface area contributed by atoms with Crippen molar-refractivity contribution in [1.29, 1.82) is 0 Å². The Morgan fingerprint density at radius 2 is 1.89 bits per heavy atom. The Morgan fingerprint density at radius 1 is 1.07 bits per heavy atom. The van der Waals surface area contributed by atoms with Crippen molar-refractivity contribution >= 4 is 22.9 Å². The highest BCUT2D eigenvalue weighted by molar-refractivity contribution is 7.09. The molecule has 0 N–H and O–H groups in total. The van der Waals surface area contributed by atoms with Gasteiger partial charge in [-0.25, -0.2) is 9.97 Å². The molecule has 0 bridgehead atoms. The van der Waals surface area contributed by atoms with Crippen molar-refractivity contribution in [2.45, 2.75) is 26.9 Å². The van der Waals surface area contributed by atoms with E-state index in [-0.39, 0.29) is 5.91 Å². The Labute approximate surface area is 161 Å². The number of thiazole rings is 1. The number of carbonyl (C=O) groups is 1. The van der Waals surface area contributed by atoms with Gasteiger partial charge in [0.15, 0.2) is 0 Å². The first-order chi connectivity index (χ1) is 13.1. The van der Waals surface area contributed by atoms with E-state index in [9.17, 15) is 4.79 Å². The second-order valence-electron chi connectivity index (χ2n) is 6.57. The largest absolute Gasteiger partial charge is 0.329 e. The van der Waals surface area contributed by atoms with Gasteiger partial charge in [0.05, 0.1) is 29.0 Å². The van der Waals surface area contributed by atoms with E-state index in [0.717, 1.165) is 27.5 Å². The molecule has 1 amide bonds. The summed E-state index contributed by atoms with van der Waals surface area (Å²) in [5, 5.41) is 0. The van der Waals surface area contributed by atoms with Crippen LogP contribution >= 0.6 is 11.3 Å². The Kier molecular flexibility index (Phi) is 4.73.